The first-order valence-electron chi connectivity index (χ1n) is 6.80. The normalized spacial score (nSPS) is 12.3. The van der Waals surface area contributed by atoms with Gasteiger partial charge in [-0.2, -0.15) is 5.26 Å². The topological polar surface area (TPSA) is 90.2 Å². The van der Waals surface area contributed by atoms with Crippen LogP contribution in [0.1, 0.15) is 25.8 Å². The number of benzene rings is 1. The second-order valence-electron chi connectivity index (χ2n) is 5.54. The molecule has 5 heteroatoms. The molecular weight excluding hydrogens is 268 g/mol. The molecule has 0 aliphatic carbocycles. The average molecular weight is 288 g/mol. The van der Waals surface area contributed by atoms with Crippen LogP contribution in [0, 0.1) is 17.2 Å². The maximum atomic E-state index is 11.9. The van der Waals surface area contributed by atoms with Crippen molar-refractivity contribution in [3.63, 3.8) is 0 Å². The molecule has 1 aromatic rings. The molecule has 5 nitrogen and oxygen atoms in total. The molecular formula is C16H20N2O3. The highest BCUT2D eigenvalue weighted by molar-refractivity contribution is 6.04. The predicted molar refractivity (Wildman–Crippen MR) is 78.2 cm³/mol. The van der Waals surface area contributed by atoms with Crippen molar-refractivity contribution in [2.45, 2.75) is 32.3 Å². The lowest BCUT2D eigenvalue weighted by Gasteiger charge is -2.17. The lowest BCUT2D eigenvalue weighted by molar-refractivity contribution is -0.133. The van der Waals surface area contributed by atoms with E-state index < -0.39 is 23.2 Å². The highest BCUT2D eigenvalue weighted by Crippen LogP contribution is 2.12. The molecule has 0 saturated carbocycles. The summed E-state index contributed by atoms with van der Waals surface area (Å²) in [5.41, 5.74) is -0.162. The molecule has 2 N–H and O–H groups in total. The highest BCUT2D eigenvalue weighted by Gasteiger charge is 2.30. The molecule has 1 aromatic carbocycles. The lowest BCUT2D eigenvalue weighted by atomic mass is 9.94. The third-order valence-corrected chi connectivity index (χ3v) is 2.88. The van der Waals surface area contributed by atoms with E-state index in [1.165, 1.54) is 13.8 Å². The van der Waals surface area contributed by atoms with E-state index in [9.17, 15) is 14.7 Å². The van der Waals surface area contributed by atoms with Gasteiger partial charge in [-0.15, -0.1) is 0 Å². The molecule has 0 saturated heterocycles. The minimum Gasteiger partial charge on any atom is -0.390 e. The van der Waals surface area contributed by atoms with Gasteiger partial charge in [0.05, 0.1) is 11.7 Å². The Morgan fingerprint density at radius 2 is 1.95 bits per heavy atom. The van der Waals surface area contributed by atoms with Crippen LogP contribution in [0.3, 0.4) is 0 Å². The largest absolute Gasteiger partial charge is 0.390 e. The second kappa shape index (κ2) is 7.55. The van der Waals surface area contributed by atoms with E-state index in [-0.39, 0.29) is 6.42 Å². The van der Waals surface area contributed by atoms with Crippen molar-refractivity contribution >= 4 is 11.7 Å². The Kier molecular flexibility index (Phi) is 6.07. The number of hydrogen-bond acceptors (Lipinski definition) is 4. The zero-order valence-corrected chi connectivity index (χ0v) is 12.3. The van der Waals surface area contributed by atoms with Gasteiger partial charge in [0.1, 0.15) is 0 Å². The van der Waals surface area contributed by atoms with E-state index in [4.69, 9.17) is 5.26 Å². The van der Waals surface area contributed by atoms with E-state index in [1.54, 1.807) is 6.07 Å². The van der Waals surface area contributed by atoms with Gasteiger partial charge in [-0.25, -0.2) is 0 Å². The molecule has 1 rings (SSSR count). The van der Waals surface area contributed by atoms with E-state index in [0.29, 0.717) is 13.0 Å². The summed E-state index contributed by atoms with van der Waals surface area (Å²) in [6.45, 7) is 3.29. The molecule has 0 aromatic heterocycles. The van der Waals surface area contributed by atoms with Gasteiger partial charge in [0, 0.05) is 13.0 Å². The maximum Gasteiger partial charge on any atom is 0.245 e. The lowest BCUT2D eigenvalue weighted by Crippen LogP contribution is -2.38. The molecule has 112 valence electrons. The molecule has 21 heavy (non-hydrogen) atoms. The first kappa shape index (κ1) is 16.9. The van der Waals surface area contributed by atoms with Crippen molar-refractivity contribution in [1.82, 2.24) is 5.32 Å². The Hall–Kier alpha value is -2.19. The number of nitrogens with one attached hydrogen (secondary N) is 1. The first-order chi connectivity index (χ1) is 9.83. The van der Waals surface area contributed by atoms with E-state index in [2.05, 4.69) is 5.32 Å². The van der Waals surface area contributed by atoms with Crippen LogP contribution in [0.5, 0.6) is 0 Å². The third kappa shape index (κ3) is 6.19. The minimum atomic E-state index is -1.37. The molecule has 0 heterocycles. The number of rotatable bonds is 7. The summed E-state index contributed by atoms with van der Waals surface area (Å²) >= 11 is 0. The fourth-order valence-corrected chi connectivity index (χ4v) is 1.88. The average Bonchev–Trinajstić information content (AvgIpc) is 2.38. The van der Waals surface area contributed by atoms with Gasteiger partial charge >= 0.3 is 0 Å². The molecule has 0 bridgehead atoms. The molecule has 1 amide bonds. The zero-order valence-electron chi connectivity index (χ0n) is 12.3. The molecule has 1 unspecified atom stereocenters. The standard InChI is InChI=1S/C16H20N2O3/c1-16(2,21)10-14(19)13(11-17)15(20)18-9-8-12-6-4-3-5-7-12/h3-7,13,21H,8-10H2,1-2H3,(H,18,20). The SMILES string of the molecule is CC(C)(O)CC(=O)C(C#N)C(=O)NCCc1ccccc1. The van der Waals surface area contributed by atoms with Crippen molar-refractivity contribution in [2.24, 2.45) is 5.92 Å². The summed E-state index contributed by atoms with van der Waals surface area (Å²) in [4.78, 5) is 23.7. The first-order valence-corrected chi connectivity index (χ1v) is 6.80. The summed E-state index contributed by atoms with van der Waals surface area (Å²) in [7, 11) is 0. The number of nitriles is 1. The van der Waals surface area contributed by atoms with Gasteiger partial charge < -0.3 is 10.4 Å². The summed E-state index contributed by atoms with van der Waals surface area (Å²) in [5.74, 6) is -2.54. The van der Waals surface area contributed by atoms with Crippen LogP contribution in [0.2, 0.25) is 0 Å². The van der Waals surface area contributed by atoms with Crippen LogP contribution in [0.25, 0.3) is 0 Å². The van der Waals surface area contributed by atoms with Gasteiger partial charge in [-0.3, -0.25) is 9.59 Å². The van der Waals surface area contributed by atoms with Gasteiger partial charge in [0.15, 0.2) is 11.7 Å². The van der Waals surface area contributed by atoms with Crippen LogP contribution in [0.4, 0.5) is 0 Å². The van der Waals surface area contributed by atoms with Gasteiger partial charge in [-0.1, -0.05) is 30.3 Å². The van der Waals surface area contributed by atoms with E-state index >= 15 is 0 Å². The third-order valence-electron chi connectivity index (χ3n) is 2.88. The summed E-state index contributed by atoms with van der Waals surface area (Å²) in [6, 6.07) is 11.3. The zero-order chi connectivity index (χ0) is 15.9. The Morgan fingerprint density at radius 1 is 1.33 bits per heavy atom. The number of amides is 1. The van der Waals surface area contributed by atoms with Crippen LogP contribution in [0.15, 0.2) is 30.3 Å². The predicted octanol–water partition coefficient (Wildman–Crippen LogP) is 1.22. The monoisotopic (exact) mass is 288 g/mol. The molecule has 1 atom stereocenters. The fourth-order valence-electron chi connectivity index (χ4n) is 1.88. The van der Waals surface area contributed by atoms with Gasteiger partial charge in [0.25, 0.3) is 0 Å². The van der Waals surface area contributed by atoms with E-state index in [1.807, 2.05) is 30.3 Å². The smallest absolute Gasteiger partial charge is 0.245 e. The number of ketones is 1. The molecule has 0 aliphatic heterocycles. The van der Waals surface area contributed by atoms with Crippen molar-refractivity contribution in [3.8, 4) is 6.07 Å². The van der Waals surface area contributed by atoms with E-state index in [0.717, 1.165) is 5.56 Å². The summed E-state index contributed by atoms with van der Waals surface area (Å²) in [6.07, 6.45) is 0.405. The van der Waals surface area contributed by atoms with Crippen LogP contribution >= 0.6 is 0 Å². The van der Waals surface area contributed by atoms with Crippen LogP contribution in [-0.4, -0.2) is 28.9 Å². The molecule has 0 spiro atoms. The van der Waals surface area contributed by atoms with Crippen LogP contribution in [-0.2, 0) is 16.0 Å². The molecule has 0 aliphatic rings. The number of carbonyl (C=O) groups excluding carboxylic acids is 2. The Bertz CT molecular complexity index is 527. The minimum absolute atomic E-state index is 0.225. The summed E-state index contributed by atoms with van der Waals surface area (Å²) < 4.78 is 0. The van der Waals surface area contributed by atoms with Crippen molar-refractivity contribution in [1.29, 1.82) is 5.26 Å². The molecule has 0 fully saturated rings. The Morgan fingerprint density at radius 3 is 2.48 bits per heavy atom. The second-order valence-corrected chi connectivity index (χ2v) is 5.54. The number of hydrogen-bond donors (Lipinski definition) is 2. The van der Waals surface area contributed by atoms with Gasteiger partial charge in [-0.05, 0) is 25.8 Å². The van der Waals surface area contributed by atoms with Crippen LogP contribution < -0.4 is 5.32 Å². The Balaban J connectivity index is 2.49. The summed E-state index contributed by atoms with van der Waals surface area (Å²) in [5, 5.41) is 21.1. The van der Waals surface area contributed by atoms with Crippen molar-refractivity contribution < 1.29 is 14.7 Å². The highest BCUT2D eigenvalue weighted by atomic mass is 16.3. The molecule has 0 radical (unpaired) electrons. The number of carbonyl (C=O) groups is 2. The number of Topliss-reactive ketones (excluding diaryl/α,β-unsaturated/α-hetero) is 1. The quantitative estimate of drug-likeness (QED) is 0.738. The fraction of sp³-hybridized carbons (Fsp3) is 0.438. The van der Waals surface area contributed by atoms with Gasteiger partial charge in [0.2, 0.25) is 5.91 Å². The van der Waals surface area contributed by atoms with Crippen molar-refractivity contribution in [3.05, 3.63) is 35.9 Å². The number of nitrogens with zero attached hydrogens (tertiary/aromatic N) is 1. The number of aliphatic hydroxyl groups is 1. The van der Waals surface area contributed by atoms with Crippen molar-refractivity contribution in [2.75, 3.05) is 6.54 Å². The maximum absolute atomic E-state index is 11.9. The Labute approximate surface area is 124 Å².